The predicted octanol–water partition coefficient (Wildman–Crippen LogP) is 15.5. The van der Waals surface area contributed by atoms with E-state index < -0.39 is 10.8 Å². The molecule has 63 heavy (non-hydrogen) atoms. The van der Waals surface area contributed by atoms with Gasteiger partial charge in [0.1, 0.15) is 0 Å². The number of nitrogens with zero attached hydrogens (tertiary/aromatic N) is 1. The lowest BCUT2D eigenvalue weighted by molar-refractivity contribution is 0.753. The summed E-state index contributed by atoms with van der Waals surface area (Å²) in [6.07, 6.45) is 0. The molecule has 1 nitrogen and oxygen atoms in total. The van der Waals surface area contributed by atoms with Gasteiger partial charge in [-0.3, -0.25) is 0 Å². The molecule has 0 bridgehead atoms. The molecule has 0 N–H and O–H groups in total. The van der Waals surface area contributed by atoms with Crippen molar-refractivity contribution in [1.82, 2.24) is 0 Å². The number of hydrogen-bond acceptors (Lipinski definition) is 1. The van der Waals surface area contributed by atoms with Crippen LogP contribution in [0.15, 0.2) is 249 Å². The van der Waals surface area contributed by atoms with Crippen LogP contribution in [0.2, 0.25) is 0 Å². The molecule has 0 radical (unpaired) electrons. The summed E-state index contributed by atoms with van der Waals surface area (Å²) in [5.74, 6) is 0. The molecule has 0 fully saturated rings. The Morgan fingerprint density at radius 2 is 0.651 bits per heavy atom. The van der Waals surface area contributed by atoms with Gasteiger partial charge in [0.15, 0.2) is 0 Å². The average molecular weight is 800 g/mol. The van der Waals surface area contributed by atoms with Gasteiger partial charge in [-0.1, -0.05) is 218 Å². The van der Waals surface area contributed by atoms with Crippen molar-refractivity contribution in [3.63, 3.8) is 0 Å². The van der Waals surface area contributed by atoms with Crippen LogP contribution < -0.4 is 4.90 Å². The Balaban J connectivity index is 1.29. The molecule has 0 saturated heterocycles. The van der Waals surface area contributed by atoms with Crippen LogP contribution in [0, 0.1) is 0 Å². The lowest BCUT2D eigenvalue weighted by atomic mass is 9.65. The van der Waals surface area contributed by atoms with Gasteiger partial charge in [0.05, 0.1) is 16.5 Å². The molecule has 0 unspecified atom stereocenters. The Bertz CT molecular complexity index is 3250. The van der Waals surface area contributed by atoms with Gasteiger partial charge < -0.3 is 4.90 Å². The predicted molar refractivity (Wildman–Crippen MR) is 260 cm³/mol. The van der Waals surface area contributed by atoms with Gasteiger partial charge >= 0.3 is 0 Å². The fourth-order valence-electron chi connectivity index (χ4n) is 11.8. The maximum atomic E-state index is 2.66. The standard InChI is InChI=1S/C62H41N/c1-6-22-42(23-7-1)43-38-39-51-55(40-43)62(52-35-19-16-32-48(52)49-33-17-20-36-53(49)62)57-41-56-58(60(59(51)57)63(46-28-12-4-13-29-46)47-30-14-5-15-31-47)50-34-18-21-37-54(50)61(56,44-24-8-2-9-25-44)45-26-10-3-11-27-45/h1-41H. The van der Waals surface area contributed by atoms with E-state index in [1.165, 1.54) is 94.7 Å². The monoisotopic (exact) mass is 799 g/mol. The topological polar surface area (TPSA) is 3.24 Å². The summed E-state index contributed by atoms with van der Waals surface area (Å²) >= 11 is 0. The first-order chi connectivity index (χ1) is 31.3. The molecular formula is C62H41N. The second-order valence-corrected chi connectivity index (χ2v) is 17.1. The van der Waals surface area contributed by atoms with E-state index in [1.807, 2.05) is 0 Å². The first kappa shape index (κ1) is 35.7. The van der Waals surface area contributed by atoms with Gasteiger partial charge in [-0.05, 0) is 108 Å². The number of anilines is 3. The molecule has 3 aliphatic rings. The number of benzene rings is 10. The van der Waals surface area contributed by atoms with Gasteiger partial charge in [-0.25, -0.2) is 0 Å². The maximum absolute atomic E-state index is 2.66. The summed E-state index contributed by atoms with van der Waals surface area (Å²) in [7, 11) is 0. The van der Waals surface area contributed by atoms with Crippen molar-refractivity contribution in [1.29, 1.82) is 0 Å². The summed E-state index contributed by atoms with van der Waals surface area (Å²) in [6.45, 7) is 0. The van der Waals surface area contributed by atoms with Crippen LogP contribution in [0.1, 0.15) is 44.5 Å². The van der Waals surface area contributed by atoms with E-state index in [-0.39, 0.29) is 0 Å². The largest absolute Gasteiger partial charge is 0.309 e. The second-order valence-electron chi connectivity index (χ2n) is 17.1. The fourth-order valence-corrected chi connectivity index (χ4v) is 11.8. The minimum Gasteiger partial charge on any atom is -0.309 e. The van der Waals surface area contributed by atoms with Gasteiger partial charge in [0.2, 0.25) is 0 Å². The number of para-hydroxylation sites is 2. The zero-order valence-corrected chi connectivity index (χ0v) is 34.6. The van der Waals surface area contributed by atoms with E-state index in [4.69, 9.17) is 0 Å². The molecular weight excluding hydrogens is 759 g/mol. The Hall–Kier alpha value is -8.00. The molecule has 10 aromatic carbocycles. The highest BCUT2D eigenvalue weighted by atomic mass is 15.1. The van der Waals surface area contributed by atoms with Gasteiger partial charge in [0, 0.05) is 22.5 Å². The van der Waals surface area contributed by atoms with Crippen molar-refractivity contribution in [2.75, 3.05) is 4.90 Å². The summed E-state index contributed by atoms with van der Waals surface area (Å²) in [5.41, 5.74) is 22.7. The Kier molecular flexibility index (Phi) is 7.80. The third-order valence-corrected chi connectivity index (χ3v) is 14.1. The molecule has 13 rings (SSSR count). The summed E-state index contributed by atoms with van der Waals surface area (Å²) in [4.78, 5) is 2.56. The van der Waals surface area contributed by atoms with Crippen LogP contribution in [0.5, 0.6) is 0 Å². The third-order valence-electron chi connectivity index (χ3n) is 14.1. The highest BCUT2D eigenvalue weighted by molar-refractivity contribution is 6.09. The van der Waals surface area contributed by atoms with Crippen LogP contribution in [0.25, 0.3) is 44.5 Å². The van der Waals surface area contributed by atoms with E-state index >= 15 is 0 Å². The van der Waals surface area contributed by atoms with Crippen LogP contribution in [0.4, 0.5) is 17.1 Å². The van der Waals surface area contributed by atoms with Crippen molar-refractivity contribution in [2.24, 2.45) is 0 Å². The summed E-state index contributed by atoms with van der Waals surface area (Å²) < 4.78 is 0. The van der Waals surface area contributed by atoms with Crippen molar-refractivity contribution >= 4 is 17.1 Å². The molecule has 0 aromatic heterocycles. The van der Waals surface area contributed by atoms with E-state index in [0.717, 1.165) is 11.4 Å². The zero-order chi connectivity index (χ0) is 41.5. The Morgan fingerprint density at radius 1 is 0.254 bits per heavy atom. The number of hydrogen-bond donors (Lipinski definition) is 0. The molecule has 294 valence electrons. The lowest BCUT2D eigenvalue weighted by Gasteiger charge is -2.37. The summed E-state index contributed by atoms with van der Waals surface area (Å²) in [5, 5.41) is 0. The SMILES string of the molecule is c1ccc(-c2ccc3c(c2)C2(c4ccccc4-c4ccccc42)c2cc4c(c(N(c5ccccc5)c5ccccc5)c2-3)-c2ccccc2C4(c2ccccc2)c2ccccc2)cc1. The van der Waals surface area contributed by atoms with E-state index in [0.29, 0.717) is 0 Å². The minimum atomic E-state index is -0.625. The van der Waals surface area contributed by atoms with E-state index in [9.17, 15) is 0 Å². The number of fused-ring (bicyclic) bond motifs is 13. The average Bonchev–Trinajstić information content (AvgIpc) is 3.95. The highest BCUT2D eigenvalue weighted by Crippen LogP contribution is 2.69. The zero-order valence-electron chi connectivity index (χ0n) is 34.6. The molecule has 3 aliphatic carbocycles. The Morgan fingerprint density at radius 3 is 1.17 bits per heavy atom. The minimum absolute atomic E-state index is 0.612. The molecule has 0 heterocycles. The third kappa shape index (κ3) is 4.82. The van der Waals surface area contributed by atoms with Crippen molar-refractivity contribution in [3.05, 3.63) is 293 Å². The smallest absolute Gasteiger partial charge is 0.0726 e. The fraction of sp³-hybridized carbons (Fsp3) is 0.0323. The van der Waals surface area contributed by atoms with Crippen molar-refractivity contribution in [3.8, 4) is 44.5 Å². The van der Waals surface area contributed by atoms with Crippen LogP contribution >= 0.6 is 0 Å². The van der Waals surface area contributed by atoms with E-state index in [2.05, 4.69) is 254 Å². The lowest BCUT2D eigenvalue weighted by Crippen LogP contribution is -2.30. The number of rotatable bonds is 6. The molecule has 0 amide bonds. The van der Waals surface area contributed by atoms with Crippen LogP contribution in [-0.4, -0.2) is 0 Å². The first-order valence-electron chi connectivity index (χ1n) is 22.0. The Labute approximate surface area is 368 Å². The molecule has 0 saturated carbocycles. The van der Waals surface area contributed by atoms with Gasteiger partial charge in [-0.2, -0.15) is 0 Å². The van der Waals surface area contributed by atoms with Gasteiger partial charge in [0.25, 0.3) is 0 Å². The van der Waals surface area contributed by atoms with Crippen LogP contribution in [0.3, 0.4) is 0 Å². The van der Waals surface area contributed by atoms with E-state index in [1.54, 1.807) is 0 Å². The normalized spacial score (nSPS) is 14.0. The van der Waals surface area contributed by atoms with Gasteiger partial charge in [-0.15, -0.1) is 0 Å². The second kappa shape index (κ2) is 13.8. The summed E-state index contributed by atoms with van der Waals surface area (Å²) in [6, 6.07) is 93.0. The first-order valence-corrected chi connectivity index (χ1v) is 22.0. The maximum Gasteiger partial charge on any atom is 0.0726 e. The quantitative estimate of drug-likeness (QED) is 0.162. The highest BCUT2D eigenvalue weighted by Gasteiger charge is 2.56. The molecule has 1 spiro atoms. The van der Waals surface area contributed by atoms with Crippen molar-refractivity contribution in [2.45, 2.75) is 10.8 Å². The van der Waals surface area contributed by atoms with Crippen LogP contribution in [-0.2, 0) is 10.8 Å². The van der Waals surface area contributed by atoms with Crippen molar-refractivity contribution < 1.29 is 0 Å². The molecule has 0 aliphatic heterocycles. The molecule has 0 atom stereocenters. The molecule has 1 heteroatoms. The molecule has 10 aromatic rings.